The van der Waals surface area contributed by atoms with Gasteiger partial charge in [0.15, 0.2) is 0 Å². The molecule has 0 saturated carbocycles. The molecule has 0 aliphatic carbocycles. The molecule has 0 saturated heterocycles. The zero-order valence-corrected chi connectivity index (χ0v) is 13.6. The standard InChI is InChI=1S/C18H21ClN2O/c1-13(16-8-10-17(19)11-9-16)20-12-18(22)21-14(2)15-6-4-3-5-7-15/h3-11,13-14,20H,12H2,1-2H3,(H,21,22)/t13-,14-/m0/s1. The number of carbonyl (C=O) groups is 1. The summed E-state index contributed by atoms with van der Waals surface area (Å²) in [5.41, 5.74) is 2.20. The summed E-state index contributed by atoms with van der Waals surface area (Å²) >= 11 is 5.87. The van der Waals surface area contributed by atoms with Gasteiger partial charge in [-0.05, 0) is 37.1 Å². The Hall–Kier alpha value is -1.84. The Morgan fingerprint density at radius 1 is 0.955 bits per heavy atom. The van der Waals surface area contributed by atoms with Crippen LogP contribution in [-0.4, -0.2) is 12.5 Å². The van der Waals surface area contributed by atoms with Crippen molar-refractivity contribution in [2.75, 3.05) is 6.54 Å². The van der Waals surface area contributed by atoms with E-state index in [-0.39, 0.29) is 24.5 Å². The number of hydrogen-bond donors (Lipinski definition) is 2. The normalized spacial score (nSPS) is 13.4. The lowest BCUT2D eigenvalue weighted by Gasteiger charge is -2.17. The quantitative estimate of drug-likeness (QED) is 0.849. The number of halogens is 1. The Bertz CT molecular complexity index is 598. The molecule has 0 unspecified atom stereocenters. The molecule has 3 nitrogen and oxygen atoms in total. The summed E-state index contributed by atoms with van der Waals surface area (Å²) in [6, 6.07) is 17.7. The van der Waals surface area contributed by atoms with E-state index >= 15 is 0 Å². The number of nitrogens with one attached hydrogen (secondary N) is 2. The summed E-state index contributed by atoms with van der Waals surface area (Å²) in [6.45, 7) is 4.29. The molecule has 2 N–H and O–H groups in total. The lowest BCUT2D eigenvalue weighted by atomic mass is 10.1. The first-order valence-electron chi connectivity index (χ1n) is 7.39. The Morgan fingerprint density at radius 2 is 1.55 bits per heavy atom. The van der Waals surface area contributed by atoms with Gasteiger partial charge in [-0.3, -0.25) is 4.79 Å². The fourth-order valence-electron chi connectivity index (χ4n) is 2.23. The highest BCUT2D eigenvalue weighted by atomic mass is 35.5. The minimum absolute atomic E-state index is 0.00124. The lowest BCUT2D eigenvalue weighted by Crippen LogP contribution is -2.36. The molecule has 1 amide bonds. The number of hydrogen-bond acceptors (Lipinski definition) is 2. The number of benzene rings is 2. The molecule has 2 aromatic carbocycles. The van der Waals surface area contributed by atoms with Crippen molar-refractivity contribution in [3.8, 4) is 0 Å². The molecule has 2 atom stereocenters. The highest BCUT2D eigenvalue weighted by Gasteiger charge is 2.11. The molecule has 0 spiro atoms. The fourth-order valence-corrected chi connectivity index (χ4v) is 2.36. The molecule has 2 aromatic rings. The van der Waals surface area contributed by atoms with Gasteiger partial charge in [0.05, 0.1) is 12.6 Å². The van der Waals surface area contributed by atoms with Gasteiger partial charge in [0.2, 0.25) is 5.91 Å². The van der Waals surface area contributed by atoms with E-state index < -0.39 is 0 Å². The predicted molar refractivity (Wildman–Crippen MR) is 90.9 cm³/mol. The van der Waals surface area contributed by atoms with E-state index in [2.05, 4.69) is 10.6 Å². The SMILES string of the molecule is C[C@H](NCC(=O)N[C@@H](C)c1ccccc1)c1ccc(Cl)cc1. The molecule has 0 fully saturated rings. The molecular weight excluding hydrogens is 296 g/mol. The zero-order valence-electron chi connectivity index (χ0n) is 12.8. The van der Waals surface area contributed by atoms with E-state index in [9.17, 15) is 4.79 Å². The molecule has 0 heterocycles. The second-order valence-electron chi connectivity index (χ2n) is 5.35. The van der Waals surface area contributed by atoms with Gasteiger partial charge in [-0.25, -0.2) is 0 Å². The van der Waals surface area contributed by atoms with Crippen LogP contribution in [0.5, 0.6) is 0 Å². The molecule has 4 heteroatoms. The van der Waals surface area contributed by atoms with Crippen LogP contribution >= 0.6 is 11.6 Å². The maximum atomic E-state index is 12.0. The van der Waals surface area contributed by atoms with Crippen LogP contribution in [0.2, 0.25) is 5.02 Å². The Balaban J connectivity index is 1.81. The van der Waals surface area contributed by atoms with E-state index in [1.807, 2.05) is 68.4 Å². The van der Waals surface area contributed by atoms with Crippen LogP contribution < -0.4 is 10.6 Å². The molecule has 0 bridgehead atoms. The number of amides is 1. The van der Waals surface area contributed by atoms with Gasteiger partial charge in [-0.15, -0.1) is 0 Å². The average Bonchev–Trinajstić information content (AvgIpc) is 2.54. The Kier molecular flexibility index (Phi) is 5.99. The second-order valence-corrected chi connectivity index (χ2v) is 5.79. The van der Waals surface area contributed by atoms with Crippen LogP contribution in [0.1, 0.15) is 37.1 Å². The second kappa shape index (κ2) is 7.97. The van der Waals surface area contributed by atoms with Gasteiger partial charge in [0, 0.05) is 11.1 Å². The minimum Gasteiger partial charge on any atom is -0.348 e. The van der Waals surface area contributed by atoms with Crippen molar-refractivity contribution >= 4 is 17.5 Å². The van der Waals surface area contributed by atoms with Crippen LogP contribution in [0, 0.1) is 0 Å². The van der Waals surface area contributed by atoms with Crippen LogP contribution in [0.4, 0.5) is 0 Å². The highest BCUT2D eigenvalue weighted by Crippen LogP contribution is 2.16. The van der Waals surface area contributed by atoms with E-state index in [1.165, 1.54) is 0 Å². The highest BCUT2D eigenvalue weighted by molar-refractivity contribution is 6.30. The van der Waals surface area contributed by atoms with Crippen molar-refractivity contribution in [1.82, 2.24) is 10.6 Å². The monoisotopic (exact) mass is 316 g/mol. The van der Waals surface area contributed by atoms with Gasteiger partial charge in [-0.1, -0.05) is 54.1 Å². The summed E-state index contributed by atoms with van der Waals surface area (Å²) in [7, 11) is 0. The van der Waals surface area contributed by atoms with E-state index in [4.69, 9.17) is 11.6 Å². The first-order chi connectivity index (χ1) is 10.6. The van der Waals surface area contributed by atoms with Gasteiger partial charge >= 0.3 is 0 Å². The molecule has 22 heavy (non-hydrogen) atoms. The largest absolute Gasteiger partial charge is 0.348 e. The molecular formula is C18H21ClN2O. The summed E-state index contributed by atoms with van der Waals surface area (Å²) in [6.07, 6.45) is 0. The third-order valence-electron chi connectivity index (χ3n) is 3.62. The molecule has 2 rings (SSSR count). The Morgan fingerprint density at radius 3 is 2.18 bits per heavy atom. The van der Waals surface area contributed by atoms with Crippen molar-refractivity contribution in [1.29, 1.82) is 0 Å². The zero-order chi connectivity index (χ0) is 15.9. The van der Waals surface area contributed by atoms with Crippen LogP contribution in [0.3, 0.4) is 0 Å². The van der Waals surface area contributed by atoms with Crippen molar-refractivity contribution in [2.24, 2.45) is 0 Å². The minimum atomic E-state index is -0.0165. The summed E-state index contributed by atoms with van der Waals surface area (Å²) in [5, 5.41) is 6.92. The molecule has 0 aliphatic rings. The summed E-state index contributed by atoms with van der Waals surface area (Å²) in [5.74, 6) is -0.0165. The molecule has 0 aromatic heterocycles. The van der Waals surface area contributed by atoms with E-state index in [0.29, 0.717) is 5.02 Å². The predicted octanol–water partition coefficient (Wildman–Crippen LogP) is 3.87. The van der Waals surface area contributed by atoms with E-state index in [1.54, 1.807) is 0 Å². The lowest BCUT2D eigenvalue weighted by molar-refractivity contribution is -0.121. The molecule has 0 radical (unpaired) electrons. The maximum absolute atomic E-state index is 12.0. The first-order valence-corrected chi connectivity index (χ1v) is 7.77. The number of rotatable bonds is 6. The van der Waals surface area contributed by atoms with E-state index in [0.717, 1.165) is 11.1 Å². The van der Waals surface area contributed by atoms with Gasteiger partial charge in [-0.2, -0.15) is 0 Å². The molecule has 116 valence electrons. The third kappa shape index (κ3) is 4.86. The fraction of sp³-hybridized carbons (Fsp3) is 0.278. The van der Waals surface area contributed by atoms with Crippen LogP contribution in [-0.2, 0) is 4.79 Å². The summed E-state index contributed by atoms with van der Waals surface area (Å²) < 4.78 is 0. The van der Waals surface area contributed by atoms with Crippen LogP contribution in [0.25, 0.3) is 0 Å². The maximum Gasteiger partial charge on any atom is 0.234 e. The smallest absolute Gasteiger partial charge is 0.234 e. The third-order valence-corrected chi connectivity index (χ3v) is 3.87. The summed E-state index contributed by atoms with van der Waals surface area (Å²) in [4.78, 5) is 12.0. The Labute approximate surface area is 136 Å². The average molecular weight is 317 g/mol. The van der Waals surface area contributed by atoms with Crippen molar-refractivity contribution in [3.63, 3.8) is 0 Å². The molecule has 0 aliphatic heterocycles. The van der Waals surface area contributed by atoms with Gasteiger partial charge in [0.1, 0.15) is 0 Å². The van der Waals surface area contributed by atoms with Crippen molar-refractivity contribution < 1.29 is 4.79 Å². The van der Waals surface area contributed by atoms with Gasteiger partial charge < -0.3 is 10.6 Å². The van der Waals surface area contributed by atoms with Crippen LogP contribution in [0.15, 0.2) is 54.6 Å². The van der Waals surface area contributed by atoms with Gasteiger partial charge in [0.25, 0.3) is 0 Å². The topological polar surface area (TPSA) is 41.1 Å². The first kappa shape index (κ1) is 16.5. The van der Waals surface area contributed by atoms with Crippen molar-refractivity contribution in [3.05, 3.63) is 70.7 Å². The number of carbonyl (C=O) groups excluding carboxylic acids is 1. The van der Waals surface area contributed by atoms with Crippen molar-refractivity contribution in [2.45, 2.75) is 25.9 Å².